The van der Waals surface area contributed by atoms with Gasteiger partial charge >= 0.3 is 0 Å². The lowest BCUT2D eigenvalue weighted by Gasteiger charge is -2.06. The van der Waals surface area contributed by atoms with E-state index in [-0.39, 0.29) is 6.04 Å². The second kappa shape index (κ2) is 4.06. The minimum absolute atomic E-state index is 0.00562. The monoisotopic (exact) mass is 196 g/mol. The topological polar surface area (TPSA) is 66.0 Å². The van der Waals surface area contributed by atoms with Crippen molar-refractivity contribution in [3.8, 4) is 0 Å². The van der Waals surface area contributed by atoms with Gasteiger partial charge in [-0.25, -0.2) is 4.68 Å². The third kappa shape index (κ3) is 1.78. The van der Waals surface area contributed by atoms with Crippen molar-refractivity contribution in [3.63, 3.8) is 0 Å². The number of nitrogens with two attached hydrogens (primary N) is 1. The Balaban J connectivity index is 2.08. The lowest BCUT2D eigenvalue weighted by Crippen LogP contribution is -2.10. The largest absolute Gasteiger partial charge is 0.379 e. The highest BCUT2D eigenvalue weighted by molar-refractivity contribution is 5.00. The van der Waals surface area contributed by atoms with E-state index in [0.29, 0.717) is 6.04 Å². The van der Waals surface area contributed by atoms with Crippen molar-refractivity contribution >= 4 is 0 Å². The first-order valence-electron chi connectivity index (χ1n) is 5.06. The van der Waals surface area contributed by atoms with Crippen LogP contribution in [0.25, 0.3) is 0 Å². The predicted molar refractivity (Wildman–Crippen MR) is 51.7 cm³/mol. The zero-order valence-corrected chi connectivity index (χ0v) is 8.39. The second-order valence-corrected chi connectivity index (χ2v) is 3.66. The van der Waals surface area contributed by atoms with Gasteiger partial charge in [-0.15, -0.1) is 5.10 Å². The molecule has 0 saturated carbocycles. The smallest absolute Gasteiger partial charge is 0.0994 e. The van der Waals surface area contributed by atoms with Crippen LogP contribution in [0.1, 0.15) is 37.5 Å². The van der Waals surface area contributed by atoms with Crippen molar-refractivity contribution in [1.29, 1.82) is 0 Å². The van der Waals surface area contributed by atoms with Gasteiger partial charge in [0.2, 0.25) is 0 Å². The molecule has 1 saturated heterocycles. The maximum atomic E-state index is 5.86. The van der Waals surface area contributed by atoms with Crippen molar-refractivity contribution < 1.29 is 4.74 Å². The highest BCUT2D eigenvalue weighted by Crippen LogP contribution is 2.19. The summed E-state index contributed by atoms with van der Waals surface area (Å²) >= 11 is 0. The second-order valence-electron chi connectivity index (χ2n) is 3.66. The third-order valence-corrected chi connectivity index (χ3v) is 2.63. The Labute approximate surface area is 83.2 Å². The molecule has 0 spiro atoms. The summed E-state index contributed by atoms with van der Waals surface area (Å²) in [4.78, 5) is 0. The highest BCUT2D eigenvalue weighted by atomic mass is 16.5. The van der Waals surface area contributed by atoms with E-state index in [1.807, 2.05) is 17.8 Å². The molecule has 2 heterocycles. The molecule has 0 aliphatic carbocycles. The summed E-state index contributed by atoms with van der Waals surface area (Å²) in [5, 5.41) is 8.14. The van der Waals surface area contributed by atoms with Crippen LogP contribution in [0.5, 0.6) is 0 Å². The number of hydrogen-bond donors (Lipinski definition) is 1. The van der Waals surface area contributed by atoms with Crippen LogP contribution in [0, 0.1) is 0 Å². The van der Waals surface area contributed by atoms with E-state index in [4.69, 9.17) is 10.5 Å². The van der Waals surface area contributed by atoms with Crippen LogP contribution in [0.3, 0.4) is 0 Å². The van der Waals surface area contributed by atoms with Gasteiger partial charge in [0, 0.05) is 6.61 Å². The summed E-state index contributed by atoms with van der Waals surface area (Å²) in [7, 11) is 0. The van der Waals surface area contributed by atoms with E-state index in [9.17, 15) is 0 Å². The zero-order valence-electron chi connectivity index (χ0n) is 8.39. The number of hydrogen-bond acceptors (Lipinski definition) is 4. The molecule has 5 heteroatoms. The Kier molecular flexibility index (Phi) is 2.79. The molecular weight excluding hydrogens is 180 g/mol. The van der Waals surface area contributed by atoms with E-state index in [1.165, 1.54) is 0 Å². The van der Waals surface area contributed by atoms with E-state index in [2.05, 4.69) is 10.3 Å². The first-order chi connectivity index (χ1) is 6.81. The molecule has 0 radical (unpaired) electrons. The molecule has 0 bridgehead atoms. The molecule has 2 unspecified atom stereocenters. The molecule has 78 valence electrons. The summed E-state index contributed by atoms with van der Waals surface area (Å²) in [6, 6.07) is 0.353. The molecule has 0 aromatic carbocycles. The molecule has 2 atom stereocenters. The molecule has 1 aliphatic heterocycles. The van der Waals surface area contributed by atoms with Crippen molar-refractivity contribution in [1.82, 2.24) is 15.0 Å². The van der Waals surface area contributed by atoms with E-state index in [0.717, 1.165) is 31.7 Å². The van der Waals surface area contributed by atoms with Gasteiger partial charge in [-0.2, -0.15) is 0 Å². The van der Waals surface area contributed by atoms with Gasteiger partial charge < -0.3 is 10.5 Å². The maximum absolute atomic E-state index is 5.86. The molecule has 2 N–H and O–H groups in total. The number of nitrogens with zero attached hydrogens (tertiary/aromatic N) is 3. The molecular formula is C9H16N4O. The lowest BCUT2D eigenvalue weighted by atomic mass is 10.2. The third-order valence-electron chi connectivity index (χ3n) is 2.63. The van der Waals surface area contributed by atoms with Crippen molar-refractivity contribution in [2.45, 2.75) is 31.8 Å². The molecule has 1 aliphatic rings. The van der Waals surface area contributed by atoms with Crippen LogP contribution in [0.4, 0.5) is 0 Å². The van der Waals surface area contributed by atoms with Crippen LogP contribution in [0.15, 0.2) is 6.20 Å². The predicted octanol–water partition coefficient (Wildman–Crippen LogP) is 0.649. The standard InChI is InChI=1S/C9H16N4O/c1-2-8(10)9-5-13(12-11-9)7-3-4-14-6-7/h5,7-8H,2-4,6,10H2,1H3. The van der Waals surface area contributed by atoms with Crippen molar-refractivity contribution in [3.05, 3.63) is 11.9 Å². The van der Waals surface area contributed by atoms with Gasteiger partial charge in [0.15, 0.2) is 0 Å². The first-order valence-corrected chi connectivity index (χ1v) is 5.06. The van der Waals surface area contributed by atoms with Gasteiger partial charge in [-0.1, -0.05) is 12.1 Å². The average molecular weight is 196 g/mol. The van der Waals surface area contributed by atoms with Gasteiger partial charge in [0.05, 0.1) is 30.6 Å². The van der Waals surface area contributed by atoms with Gasteiger partial charge in [-0.3, -0.25) is 0 Å². The van der Waals surface area contributed by atoms with Gasteiger partial charge in [0.25, 0.3) is 0 Å². The Hall–Kier alpha value is -0.940. The Bertz CT molecular complexity index is 293. The van der Waals surface area contributed by atoms with Crippen molar-refractivity contribution in [2.24, 2.45) is 5.73 Å². The molecule has 1 aromatic heterocycles. The van der Waals surface area contributed by atoms with Crippen LogP contribution < -0.4 is 5.73 Å². The van der Waals surface area contributed by atoms with E-state index >= 15 is 0 Å². The summed E-state index contributed by atoms with van der Waals surface area (Å²) in [6.07, 6.45) is 3.84. The SMILES string of the molecule is CCC(N)c1cn(C2CCOC2)nn1. The molecule has 2 rings (SSSR count). The van der Waals surface area contributed by atoms with Crippen LogP contribution in [0.2, 0.25) is 0 Å². The fraction of sp³-hybridized carbons (Fsp3) is 0.778. The summed E-state index contributed by atoms with van der Waals surface area (Å²) in [6.45, 7) is 3.60. The van der Waals surface area contributed by atoms with Gasteiger partial charge in [0.1, 0.15) is 0 Å². The summed E-state index contributed by atoms with van der Waals surface area (Å²) in [5.41, 5.74) is 6.73. The van der Waals surface area contributed by atoms with Crippen LogP contribution in [-0.4, -0.2) is 28.2 Å². The minimum Gasteiger partial charge on any atom is -0.379 e. The summed E-state index contributed by atoms with van der Waals surface area (Å²) < 4.78 is 7.16. The fourth-order valence-electron chi connectivity index (χ4n) is 1.58. The zero-order chi connectivity index (χ0) is 9.97. The fourth-order valence-corrected chi connectivity index (χ4v) is 1.58. The average Bonchev–Trinajstić information content (AvgIpc) is 2.86. The maximum Gasteiger partial charge on any atom is 0.0994 e. The van der Waals surface area contributed by atoms with E-state index in [1.54, 1.807) is 0 Å². The Morgan fingerprint density at radius 3 is 3.29 bits per heavy atom. The quantitative estimate of drug-likeness (QED) is 0.770. The Morgan fingerprint density at radius 2 is 2.64 bits per heavy atom. The molecule has 14 heavy (non-hydrogen) atoms. The van der Waals surface area contributed by atoms with E-state index < -0.39 is 0 Å². The molecule has 5 nitrogen and oxygen atoms in total. The van der Waals surface area contributed by atoms with Gasteiger partial charge in [-0.05, 0) is 12.8 Å². The number of aromatic nitrogens is 3. The molecule has 1 fully saturated rings. The minimum atomic E-state index is 0.00562. The normalized spacial score (nSPS) is 24.0. The lowest BCUT2D eigenvalue weighted by molar-refractivity contribution is 0.184. The Morgan fingerprint density at radius 1 is 1.79 bits per heavy atom. The van der Waals surface area contributed by atoms with Crippen LogP contribution in [-0.2, 0) is 4.74 Å². The number of ether oxygens (including phenoxy) is 1. The number of rotatable bonds is 3. The first kappa shape index (κ1) is 9.61. The summed E-state index contributed by atoms with van der Waals surface area (Å²) in [5.74, 6) is 0. The highest BCUT2D eigenvalue weighted by Gasteiger charge is 2.19. The van der Waals surface area contributed by atoms with Crippen LogP contribution >= 0.6 is 0 Å². The molecule has 1 aromatic rings. The molecule has 0 amide bonds. The van der Waals surface area contributed by atoms with Crippen molar-refractivity contribution in [2.75, 3.05) is 13.2 Å².